The van der Waals surface area contributed by atoms with Gasteiger partial charge in [0.05, 0.1) is 0 Å². The Bertz CT molecular complexity index is 871. The topological polar surface area (TPSA) is 35.2 Å². The maximum absolute atomic E-state index is 6.06. The second-order valence-electron chi connectivity index (χ2n) is 7.47. The molecule has 0 heterocycles. The Labute approximate surface area is 162 Å². The number of aryl methyl sites for hydroxylation is 1. The summed E-state index contributed by atoms with van der Waals surface area (Å²) in [5.74, 6) is 1.72. The van der Waals surface area contributed by atoms with Crippen molar-refractivity contribution in [3.63, 3.8) is 0 Å². The van der Waals surface area contributed by atoms with Crippen LogP contribution in [-0.2, 0) is 19.4 Å². The van der Waals surface area contributed by atoms with Gasteiger partial charge in [0.1, 0.15) is 12.4 Å². The molecule has 0 saturated carbocycles. The molecule has 27 heavy (non-hydrogen) atoms. The summed E-state index contributed by atoms with van der Waals surface area (Å²) in [4.78, 5) is 0. The van der Waals surface area contributed by atoms with E-state index in [0.29, 0.717) is 6.61 Å². The van der Waals surface area contributed by atoms with Gasteiger partial charge in [-0.1, -0.05) is 60.7 Å². The fourth-order valence-corrected chi connectivity index (χ4v) is 3.97. The summed E-state index contributed by atoms with van der Waals surface area (Å²) >= 11 is 0. The number of ether oxygens (including phenoxy) is 1. The van der Waals surface area contributed by atoms with Crippen molar-refractivity contribution >= 4 is 0 Å². The number of nitrogens with two attached hydrogens (primary N) is 1. The number of fused-ring (bicyclic) bond motifs is 1. The van der Waals surface area contributed by atoms with Gasteiger partial charge in [-0.2, -0.15) is 0 Å². The molecular formula is C25H27NO. The number of hydrogen-bond donors (Lipinski definition) is 1. The molecule has 0 aromatic heterocycles. The van der Waals surface area contributed by atoms with Crippen molar-refractivity contribution in [1.29, 1.82) is 0 Å². The molecule has 0 saturated heterocycles. The minimum Gasteiger partial charge on any atom is -0.489 e. The van der Waals surface area contributed by atoms with Gasteiger partial charge in [0.15, 0.2) is 0 Å². The van der Waals surface area contributed by atoms with E-state index in [1.54, 1.807) is 0 Å². The Balaban J connectivity index is 1.38. The van der Waals surface area contributed by atoms with Crippen LogP contribution >= 0.6 is 0 Å². The Hall–Kier alpha value is -2.58. The molecule has 1 atom stereocenters. The van der Waals surface area contributed by atoms with E-state index >= 15 is 0 Å². The van der Waals surface area contributed by atoms with Gasteiger partial charge in [0.25, 0.3) is 0 Å². The smallest absolute Gasteiger partial charge is 0.120 e. The quantitative estimate of drug-likeness (QED) is 0.642. The van der Waals surface area contributed by atoms with E-state index in [1.807, 2.05) is 6.07 Å². The highest BCUT2D eigenvalue weighted by atomic mass is 16.5. The molecule has 1 aliphatic rings. The van der Waals surface area contributed by atoms with Gasteiger partial charge in [-0.25, -0.2) is 0 Å². The Morgan fingerprint density at radius 2 is 1.63 bits per heavy atom. The van der Waals surface area contributed by atoms with Gasteiger partial charge in [0.2, 0.25) is 0 Å². The standard InChI is InChI=1S/C25H27NO/c26-15-14-19-6-11-24-17-25(13-12-23(24)16-19)27-18-20-7-9-22(10-8-20)21-4-2-1-3-5-21/h1-5,7-10,12-13,17,19H,6,11,14-16,18,26H2. The third-order valence-corrected chi connectivity index (χ3v) is 5.55. The van der Waals surface area contributed by atoms with Crippen molar-refractivity contribution in [2.24, 2.45) is 11.7 Å². The lowest BCUT2D eigenvalue weighted by Crippen LogP contribution is -2.17. The average molecular weight is 357 g/mol. The summed E-state index contributed by atoms with van der Waals surface area (Å²) in [7, 11) is 0. The van der Waals surface area contributed by atoms with Gasteiger partial charge in [-0.05, 0) is 78.1 Å². The maximum Gasteiger partial charge on any atom is 0.120 e. The fraction of sp³-hybridized carbons (Fsp3) is 0.280. The highest BCUT2D eigenvalue weighted by molar-refractivity contribution is 5.63. The van der Waals surface area contributed by atoms with Crippen LogP contribution in [0.25, 0.3) is 11.1 Å². The molecule has 0 bridgehead atoms. The highest BCUT2D eigenvalue weighted by Gasteiger charge is 2.18. The van der Waals surface area contributed by atoms with E-state index in [9.17, 15) is 0 Å². The molecule has 2 N–H and O–H groups in total. The van der Waals surface area contributed by atoms with Crippen LogP contribution in [0.1, 0.15) is 29.5 Å². The zero-order chi connectivity index (χ0) is 18.5. The Morgan fingerprint density at radius 1 is 0.852 bits per heavy atom. The Morgan fingerprint density at radius 3 is 2.41 bits per heavy atom. The van der Waals surface area contributed by atoms with Crippen molar-refractivity contribution in [3.8, 4) is 16.9 Å². The summed E-state index contributed by atoms with van der Waals surface area (Å²) in [5.41, 5.74) is 12.3. The summed E-state index contributed by atoms with van der Waals surface area (Å²) in [6.45, 7) is 1.40. The molecular weight excluding hydrogens is 330 g/mol. The van der Waals surface area contributed by atoms with Gasteiger partial charge in [-0.15, -0.1) is 0 Å². The largest absolute Gasteiger partial charge is 0.489 e. The van der Waals surface area contributed by atoms with E-state index in [2.05, 4.69) is 66.7 Å². The van der Waals surface area contributed by atoms with E-state index in [4.69, 9.17) is 10.5 Å². The van der Waals surface area contributed by atoms with Crippen LogP contribution in [0.2, 0.25) is 0 Å². The van der Waals surface area contributed by atoms with Crippen LogP contribution in [0.15, 0.2) is 72.8 Å². The number of rotatable bonds is 6. The molecule has 2 heteroatoms. The van der Waals surface area contributed by atoms with Gasteiger partial charge < -0.3 is 10.5 Å². The molecule has 1 aliphatic carbocycles. The van der Waals surface area contributed by atoms with E-state index in [0.717, 1.165) is 37.5 Å². The summed E-state index contributed by atoms with van der Waals surface area (Å²) < 4.78 is 6.06. The Kier molecular flexibility index (Phi) is 5.55. The van der Waals surface area contributed by atoms with Crippen LogP contribution in [0.3, 0.4) is 0 Å². The van der Waals surface area contributed by atoms with E-state index < -0.39 is 0 Å². The lowest BCUT2D eigenvalue weighted by atomic mass is 9.82. The third-order valence-electron chi connectivity index (χ3n) is 5.55. The van der Waals surface area contributed by atoms with Crippen molar-refractivity contribution in [2.75, 3.05) is 6.54 Å². The average Bonchev–Trinajstić information content (AvgIpc) is 2.73. The predicted octanol–water partition coefficient (Wildman–Crippen LogP) is 5.39. The first kappa shape index (κ1) is 17.8. The first-order valence-corrected chi connectivity index (χ1v) is 9.91. The van der Waals surface area contributed by atoms with Gasteiger partial charge >= 0.3 is 0 Å². The van der Waals surface area contributed by atoms with Crippen molar-refractivity contribution in [1.82, 2.24) is 0 Å². The first-order valence-electron chi connectivity index (χ1n) is 9.91. The number of benzene rings is 3. The second-order valence-corrected chi connectivity index (χ2v) is 7.47. The minimum atomic E-state index is 0.601. The summed E-state index contributed by atoms with van der Waals surface area (Å²) in [5, 5.41) is 0. The lowest BCUT2D eigenvalue weighted by molar-refractivity contribution is 0.305. The zero-order valence-corrected chi connectivity index (χ0v) is 15.7. The number of hydrogen-bond acceptors (Lipinski definition) is 2. The second kappa shape index (κ2) is 8.41. The molecule has 0 amide bonds. The van der Waals surface area contributed by atoms with Crippen LogP contribution in [0.5, 0.6) is 5.75 Å². The summed E-state index contributed by atoms with van der Waals surface area (Å²) in [6.07, 6.45) is 4.68. The molecule has 0 aliphatic heterocycles. The molecule has 3 aromatic carbocycles. The van der Waals surface area contributed by atoms with Gasteiger partial charge in [0, 0.05) is 0 Å². The lowest BCUT2D eigenvalue weighted by Gasteiger charge is -2.24. The van der Waals surface area contributed by atoms with Crippen molar-refractivity contribution < 1.29 is 4.74 Å². The zero-order valence-electron chi connectivity index (χ0n) is 15.7. The van der Waals surface area contributed by atoms with E-state index in [-0.39, 0.29) is 0 Å². The minimum absolute atomic E-state index is 0.601. The van der Waals surface area contributed by atoms with Crippen LogP contribution in [0.4, 0.5) is 0 Å². The molecule has 0 fully saturated rings. The molecule has 3 aromatic rings. The van der Waals surface area contributed by atoms with E-state index in [1.165, 1.54) is 34.2 Å². The highest BCUT2D eigenvalue weighted by Crippen LogP contribution is 2.30. The molecule has 0 spiro atoms. The maximum atomic E-state index is 6.06. The molecule has 138 valence electrons. The SMILES string of the molecule is NCCC1CCc2cc(OCc3ccc(-c4ccccc4)cc3)ccc2C1. The predicted molar refractivity (Wildman–Crippen MR) is 112 cm³/mol. The molecule has 2 nitrogen and oxygen atoms in total. The monoisotopic (exact) mass is 357 g/mol. The van der Waals surface area contributed by atoms with Crippen LogP contribution < -0.4 is 10.5 Å². The van der Waals surface area contributed by atoms with Crippen LogP contribution in [-0.4, -0.2) is 6.54 Å². The fourth-order valence-electron chi connectivity index (χ4n) is 3.97. The molecule has 0 radical (unpaired) electrons. The molecule has 4 rings (SSSR count). The normalized spacial score (nSPS) is 16.0. The van der Waals surface area contributed by atoms with Gasteiger partial charge in [-0.3, -0.25) is 0 Å². The van der Waals surface area contributed by atoms with Crippen molar-refractivity contribution in [2.45, 2.75) is 32.3 Å². The molecule has 1 unspecified atom stereocenters. The summed E-state index contributed by atoms with van der Waals surface area (Å²) in [6, 6.07) is 25.7. The first-order chi connectivity index (χ1) is 13.3. The third kappa shape index (κ3) is 4.40. The van der Waals surface area contributed by atoms with Crippen LogP contribution in [0, 0.1) is 5.92 Å². The van der Waals surface area contributed by atoms with Crippen molar-refractivity contribution in [3.05, 3.63) is 89.5 Å².